The van der Waals surface area contributed by atoms with Gasteiger partial charge in [-0.1, -0.05) is 18.2 Å². The van der Waals surface area contributed by atoms with E-state index in [1.807, 2.05) is 24.3 Å². The van der Waals surface area contributed by atoms with Crippen LogP contribution < -0.4 is 5.73 Å². The van der Waals surface area contributed by atoms with Gasteiger partial charge < -0.3 is 5.73 Å². The van der Waals surface area contributed by atoms with Crippen molar-refractivity contribution in [1.82, 2.24) is 4.98 Å². The van der Waals surface area contributed by atoms with Gasteiger partial charge in [0.2, 0.25) is 5.91 Å². The summed E-state index contributed by atoms with van der Waals surface area (Å²) in [4.78, 5) is 15.7. The molecule has 7 heteroatoms. The molecule has 0 aliphatic rings. The van der Waals surface area contributed by atoms with Crippen LogP contribution in [0.4, 0.5) is 0 Å². The minimum absolute atomic E-state index is 0.122. The van der Waals surface area contributed by atoms with Gasteiger partial charge in [0.1, 0.15) is 5.01 Å². The summed E-state index contributed by atoms with van der Waals surface area (Å²) in [6, 6.07) is 11.1. The van der Waals surface area contributed by atoms with Crippen LogP contribution >= 0.6 is 11.3 Å². The van der Waals surface area contributed by atoms with Gasteiger partial charge in [0.05, 0.1) is 21.5 Å². The van der Waals surface area contributed by atoms with Crippen LogP contribution in [0, 0.1) is 6.92 Å². The highest BCUT2D eigenvalue weighted by molar-refractivity contribution is 7.90. The highest BCUT2D eigenvalue weighted by Crippen LogP contribution is 2.30. The first kappa shape index (κ1) is 16.6. The summed E-state index contributed by atoms with van der Waals surface area (Å²) in [5.74, 6) is -0.411. The predicted octanol–water partition coefficient (Wildman–Crippen LogP) is 2.70. The summed E-state index contributed by atoms with van der Waals surface area (Å²) in [6.45, 7) is 1.78. The molecule has 3 aromatic rings. The molecule has 0 bridgehead atoms. The van der Waals surface area contributed by atoms with Crippen LogP contribution in [0.25, 0.3) is 21.3 Å². The average Bonchev–Trinajstić information content (AvgIpc) is 2.86. The third-order valence-electron chi connectivity index (χ3n) is 3.68. The van der Waals surface area contributed by atoms with Crippen molar-refractivity contribution in [3.8, 4) is 11.1 Å². The Morgan fingerprint density at radius 3 is 2.50 bits per heavy atom. The molecule has 0 atom stereocenters. The van der Waals surface area contributed by atoms with Crippen molar-refractivity contribution in [3.05, 3.63) is 47.0 Å². The van der Waals surface area contributed by atoms with Crippen LogP contribution in [0.1, 0.15) is 10.6 Å². The van der Waals surface area contributed by atoms with Crippen LogP contribution in [-0.4, -0.2) is 25.6 Å². The summed E-state index contributed by atoms with van der Waals surface area (Å²) in [6.07, 6.45) is 1.33. The minimum Gasteiger partial charge on any atom is -0.369 e. The van der Waals surface area contributed by atoms with Crippen molar-refractivity contribution in [1.29, 1.82) is 0 Å². The molecule has 124 valence electrons. The van der Waals surface area contributed by atoms with E-state index in [1.54, 1.807) is 19.1 Å². The Labute approximate surface area is 144 Å². The van der Waals surface area contributed by atoms with Crippen LogP contribution in [-0.2, 0) is 21.1 Å². The number of sulfone groups is 1. The predicted molar refractivity (Wildman–Crippen MR) is 95.8 cm³/mol. The Kier molecular flexibility index (Phi) is 4.15. The Morgan fingerprint density at radius 1 is 1.17 bits per heavy atom. The molecular weight excluding hydrogens is 344 g/mol. The maximum atomic E-state index is 11.9. The van der Waals surface area contributed by atoms with Crippen molar-refractivity contribution in [2.75, 3.05) is 6.26 Å². The van der Waals surface area contributed by atoms with Gasteiger partial charge in [0, 0.05) is 6.26 Å². The Morgan fingerprint density at radius 2 is 1.83 bits per heavy atom. The summed E-state index contributed by atoms with van der Waals surface area (Å²) in [5.41, 5.74) is 8.47. The summed E-state index contributed by atoms with van der Waals surface area (Å²) >= 11 is 1.42. The second kappa shape index (κ2) is 5.99. The number of fused-ring (bicyclic) bond motifs is 1. The van der Waals surface area contributed by atoms with Gasteiger partial charge in [-0.2, -0.15) is 0 Å². The second-order valence-electron chi connectivity index (χ2n) is 5.69. The summed E-state index contributed by atoms with van der Waals surface area (Å²) < 4.78 is 24.7. The molecule has 0 saturated heterocycles. The van der Waals surface area contributed by atoms with Gasteiger partial charge in [0.25, 0.3) is 0 Å². The van der Waals surface area contributed by atoms with Gasteiger partial charge in [-0.05, 0) is 41.8 Å². The number of hydrogen-bond acceptors (Lipinski definition) is 5. The number of amides is 1. The SMILES string of the molecule is Cc1ccc(-c2ccc3nc(CC(N)=O)sc3c2)cc1S(C)(=O)=O. The van der Waals surface area contributed by atoms with E-state index < -0.39 is 15.7 Å². The standard InChI is InChI=1S/C17H16N2O3S2/c1-10-3-4-12(8-15(10)24(2,21)22)11-5-6-13-14(7-11)23-17(19-13)9-16(18)20/h3-8H,9H2,1-2H3,(H2,18,20). The molecule has 1 aromatic heterocycles. The fourth-order valence-corrected chi connectivity index (χ4v) is 4.57. The first-order valence-electron chi connectivity index (χ1n) is 7.23. The monoisotopic (exact) mass is 360 g/mol. The van der Waals surface area contributed by atoms with Gasteiger partial charge in [0.15, 0.2) is 9.84 Å². The third-order valence-corrected chi connectivity index (χ3v) is 5.94. The van der Waals surface area contributed by atoms with E-state index in [9.17, 15) is 13.2 Å². The highest BCUT2D eigenvalue weighted by Gasteiger charge is 2.13. The van der Waals surface area contributed by atoms with Crippen molar-refractivity contribution in [2.24, 2.45) is 5.73 Å². The molecule has 1 heterocycles. The summed E-state index contributed by atoms with van der Waals surface area (Å²) in [7, 11) is -3.28. The lowest BCUT2D eigenvalue weighted by atomic mass is 10.0. The van der Waals surface area contributed by atoms with Gasteiger partial charge >= 0.3 is 0 Å². The number of aryl methyl sites for hydroxylation is 1. The maximum absolute atomic E-state index is 11.9. The van der Waals surface area contributed by atoms with E-state index in [0.29, 0.717) is 9.90 Å². The van der Waals surface area contributed by atoms with Crippen molar-refractivity contribution < 1.29 is 13.2 Å². The number of aromatic nitrogens is 1. The topological polar surface area (TPSA) is 90.1 Å². The lowest BCUT2D eigenvalue weighted by Gasteiger charge is -2.07. The van der Waals surface area contributed by atoms with E-state index in [4.69, 9.17) is 5.73 Å². The molecule has 2 aromatic carbocycles. The van der Waals surface area contributed by atoms with Crippen molar-refractivity contribution >= 4 is 37.3 Å². The normalized spacial score (nSPS) is 11.8. The van der Waals surface area contributed by atoms with Gasteiger partial charge in [-0.3, -0.25) is 4.79 Å². The van der Waals surface area contributed by atoms with Crippen molar-refractivity contribution in [3.63, 3.8) is 0 Å². The lowest BCUT2D eigenvalue weighted by Crippen LogP contribution is -2.13. The van der Waals surface area contributed by atoms with E-state index in [0.717, 1.165) is 26.9 Å². The fraction of sp³-hybridized carbons (Fsp3) is 0.176. The number of nitrogens with zero attached hydrogens (tertiary/aromatic N) is 1. The number of carbonyl (C=O) groups is 1. The van der Waals surface area contributed by atoms with E-state index in [-0.39, 0.29) is 6.42 Å². The number of nitrogens with two attached hydrogens (primary N) is 1. The number of thiazole rings is 1. The van der Waals surface area contributed by atoms with E-state index in [1.165, 1.54) is 17.6 Å². The molecule has 5 nitrogen and oxygen atoms in total. The zero-order valence-corrected chi connectivity index (χ0v) is 14.9. The highest BCUT2D eigenvalue weighted by atomic mass is 32.2. The molecule has 0 spiro atoms. The Bertz CT molecular complexity index is 1050. The van der Waals surface area contributed by atoms with Gasteiger partial charge in [-0.25, -0.2) is 13.4 Å². The molecule has 0 saturated carbocycles. The summed E-state index contributed by atoms with van der Waals surface area (Å²) in [5, 5.41) is 0.676. The molecule has 2 N–H and O–H groups in total. The third kappa shape index (κ3) is 3.32. The Hall–Kier alpha value is -2.25. The molecule has 0 fully saturated rings. The van der Waals surface area contributed by atoms with Crippen LogP contribution in [0.2, 0.25) is 0 Å². The first-order valence-corrected chi connectivity index (χ1v) is 9.94. The molecule has 1 amide bonds. The molecule has 0 aliphatic carbocycles. The zero-order chi connectivity index (χ0) is 17.5. The van der Waals surface area contributed by atoms with E-state index in [2.05, 4.69) is 4.98 Å². The molecule has 0 aliphatic heterocycles. The van der Waals surface area contributed by atoms with Crippen LogP contribution in [0.5, 0.6) is 0 Å². The average molecular weight is 360 g/mol. The number of primary amides is 1. The molecule has 24 heavy (non-hydrogen) atoms. The smallest absolute Gasteiger partial charge is 0.224 e. The second-order valence-corrected chi connectivity index (χ2v) is 8.78. The van der Waals surface area contributed by atoms with Crippen LogP contribution in [0.3, 0.4) is 0 Å². The lowest BCUT2D eigenvalue weighted by molar-refractivity contribution is -0.117. The largest absolute Gasteiger partial charge is 0.369 e. The molecule has 3 rings (SSSR count). The van der Waals surface area contributed by atoms with Crippen LogP contribution in [0.15, 0.2) is 41.3 Å². The first-order chi connectivity index (χ1) is 11.2. The maximum Gasteiger partial charge on any atom is 0.224 e. The number of benzene rings is 2. The molecular formula is C17H16N2O3S2. The number of carbonyl (C=O) groups excluding carboxylic acids is 1. The zero-order valence-electron chi connectivity index (χ0n) is 13.2. The molecule has 0 radical (unpaired) electrons. The van der Waals surface area contributed by atoms with E-state index >= 15 is 0 Å². The number of rotatable bonds is 4. The Balaban J connectivity index is 2.08. The minimum atomic E-state index is -3.28. The fourth-order valence-electron chi connectivity index (χ4n) is 2.56. The number of hydrogen-bond donors (Lipinski definition) is 1. The molecule has 0 unspecified atom stereocenters. The quantitative estimate of drug-likeness (QED) is 0.774. The van der Waals surface area contributed by atoms with Crippen molar-refractivity contribution in [2.45, 2.75) is 18.2 Å². The van der Waals surface area contributed by atoms with Gasteiger partial charge in [-0.15, -0.1) is 11.3 Å².